The van der Waals surface area contributed by atoms with Gasteiger partial charge in [-0.15, -0.1) is 0 Å². The molecule has 0 bridgehead atoms. The van der Waals surface area contributed by atoms with Crippen LogP contribution in [0.4, 0.5) is 0 Å². The van der Waals surface area contributed by atoms with Crippen LogP contribution in [0.1, 0.15) is 35.3 Å². The fourth-order valence-corrected chi connectivity index (χ4v) is 4.28. The van der Waals surface area contributed by atoms with Gasteiger partial charge in [0.15, 0.2) is 0 Å². The highest BCUT2D eigenvalue weighted by atomic mass is 35.5. The molecule has 1 heterocycles. The summed E-state index contributed by atoms with van der Waals surface area (Å²) in [6.45, 7) is 2.79. The molecule has 36 heavy (non-hydrogen) atoms. The van der Waals surface area contributed by atoms with E-state index in [4.69, 9.17) is 25.9 Å². The van der Waals surface area contributed by atoms with Crippen molar-refractivity contribution in [2.24, 2.45) is 5.16 Å². The number of rotatable bonds is 9. The van der Waals surface area contributed by atoms with Crippen molar-refractivity contribution in [3.05, 3.63) is 100 Å². The van der Waals surface area contributed by atoms with Gasteiger partial charge < -0.3 is 29.6 Å². The fourth-order valence-electron chi connectivity index (χ4n) is 4.09. The van der Waals surface area contributed by atoms with Crippen LogP contribution in [-0.2, 0) is 22.6 Å². The maximum atomic E-state index is 10.7. The summed E-state index contributed by atoms with van der Waals surface area (Å²) in [5.74, 6) is 0.799. The summed E-state index contributed by atoms with van der Waals surface area (Å²) in [6, 6.07) is 22.6. The molecule has 8 heteroatoms. The van der Waals surface area contributed by atoms with E-state index in [1.807, 2.05) is 67.6 Å². The molecule has 0 amide bonds. The lowest BCUT2D eigenvalue weighted by Gasteiger charge is -2.39. The minimum atomic E-state index is -1.43. The number of benzene rings is 3. The first-order chi connectivity index (χ1) is 17.5. The Morgan fingerprint density at radius 3 is 2.39 bits per heavy atom. The van der Waals surface area contributed by atoms with Crippen LogP contribution in [0, 0.1) is 0 Å². The molecule has 3 aromatic carbocycles. The van der Waals surface area contributed by atoms with Gasteiger partial charge in [0, 0.05) is 5.02 Å². The molecule has 1 aliphatic heterocycles. The molecule has 1 fully saturated rings. The van der Waals surface area contributed by atoms with Gasteiger partial charge in [-0.1, -0.05) is 71.4 Å². The third kappa shape index (κ3) is 6.43. The highest BCUT2D eigenvalue weighted by Gasteiger charge is 2.43. The van der Waals surface area contributed by atoms with Gasteiger partial charge in [0.05, 0.1) is 12.8 Å². The number of hydrogen-bond acceptors (Lipinski definition) is 7. The maximum Gasteiger partial charge on any atom is 0.142 e. The molecule has 0 saturated carbocycles. The minimum Gasteiger partial charge on any atom is -0.494 e. The lowest BCUT2D eigenvalue weighted by molar-refractivity contribution is -0.205. The van der Waals surface area contributed by atoms with E-state index in [-0.39, 0.29) is 6.61 Å². The molecule has 0 spiro atoms. The summed E-state index contributed by atoms with van der Waals surface area (Å²) >= 11 is 6.46. The normalized spacial score (nSPS) is 24.1. The molecule has 7 nitrogen and oxygen atoms in total. The number of aliphatic hydroxyl groups is 3. The lowest BCUT2D eigenvalue weighted by atomic mass is 9.90. The smallest absolute Gasteiger partial charge is 0.142 e. The Balaban J connectivity index is 1.47. The summed E-state index contributed by atoms with van der Waals surface area (Å²) in [7, 11) is 0. The maximum absolute atomic E-state index is 10.7. The van der Waals surface area contributed by atoms with Crippen molar-refractivity contribution in [2.45, 2.75) is 50.5 Å². The molecule has 0 aromatic heterocycles. The largest absolute Gasteiger partial charge is 0.494 e. The van der Waals surface area contributed by atoms with Gasteiger partial charge >= 0.3 is 0 Å². The van der Waals surface area contributed by atoms with Gasteiger partial charge in [0.2, 0.25) is 0 Å². The second kappa shape index (κ2) is 12.3. The molecule has 3 aromatic rings. The van der Waals surface area contributed by atoms with Crippen LogP contribution in [-0.4, -0.2) is 52.6 Å². The Kier molecular flexibility index (Phi) is 8.96. The number of hydrogen-bond donors (Lipinski definition) is 3. The van der Waals surface area contributed by atoms with Crippen molar-refractivity contribution in [3.63, 3.8) is 0 Å². The zero-order valence-corrected chi connectivity index (χ0v) is 20.7. The lowest BCUT2D eigenvalue weighted by Crippen LogP contribution is -2.54. The van der Waals surface area contributed by atoms with Gasteiger partial charge in [-0.3, -0.25) is 0 Å². The second-order valence-electron chi connectivity index (χ2n) is 8.61. The van der Waals surface area contributed by atoms with Gasteiger partial charge in [0.1, 0.15) is 42.9 Å². The van der Waals surface area contributed by atoms with E-state index >= 15 is 0 Å². The molecular weight excluding hydrogens is 482 g/mol. The average molecular weight is 512 g/mol. The first kappa shape index (κ1) is 26.1. The van der Waals surface area contributed by atoms with Crippen molar-refractivity contribution >= 4 is 17.8 Å². The number of nitrogens with zero attached hydrogens (tertiary/aromatic N) is 1. The quantitative estimate of drug-likeness (QED) is 0.296. The highest BCUT2D eigenvalue weighted by molar-refractivity contribution is 6.31. The highest BCUT2D eigenvalue weighted by Crippen LogP contribution is 2.34. The van der Waals surface area contributed by atoms with Crippen molar-refractivity contribution in [2.75, 3.05) is 6.61 Å². The summed E-state index contributed by atoms with van der Waals surface area (Å²) in [5.41, 5.74) is 3.45. The molecule has 1 aliphatic rings. The van der Waals surface area contributed by atoms with E-state index < -0.39 is 30.5 Å². The van der Waals surface area contributed by atoms with Gasteiger partial charge in [-0.25, -0.2) is 0 Å². The predicted molar refractivity (Wildman–Crippen MR) is 137 cm³/mol. The number of aliphatic hydroxyl groups excluding tert-OH is 3. The number of ether oxygens (including phenoxy) is 2. The van der Waals surface area contributed by atoms with E-state index in [1.165, 1.54) is 6.21 Å². The molecule has 190 valence electrons. The van der Waals surface area contributed by atoms with Crippen LogP contribution in [0.25, 0.3) is 0 Å². The number of oxime groups is 1. The second-order valence-corrected chi connectivity index (χ2v) is 9.02. The molecule has 1 saturated heterocycles. The Hall–Kier alpha value is -2.94. The van der Waals surface area contributed by atoms with Gasteiger partial charge in [-0.2, -0.15) is 0 Å². The van der Waals surface area contributed by atoms with Gasteiger partial charge in [0.25, 0.3) is 0 Å². The standard InChI is InChI=1S/C28H30ClNO6/c1-2-34-22-11-8-18(9-12-22)14-21-15-20(10-13-23(21)29)28-27(33)26(32)25(31)24(36-28)16-30-35-17-19-6-4-3-5-7-19/h3-13,15-16,24-28,31-33H,2,14,17H2,1H3/t24-,25-,26+,27-,28+/m1/s1. The van der Waals surface area contributed by atoms with E-state index in [1.54, 1.807) is 12.1 Å². The Morgan fingerprint density at radius 1 is 0.917 bits per heavy atom. The summed E-state index contributed by atoms with van der Waals surface area (Å²) in [4.78, 5) is 5.31. The third-order valence-corrected chi connectivity index (χ3v) is 6.40. The fraction of sp³-hybridized carbons (Fsp3) is 0.321. The van der Waals surface area contributed by atoms with E-state index in [0.717, 1.165) is 22.4 Å². The average Bonchev–Trinajstić information content (AvgIpc) is 2.89. The third-order valence-electron chi connectivity index (χ3n) is 6.03. The van der Waals surface area contributed by atoms with Crippen molar-refractivity contribution in [3.8, 4) is 5.75 Å². The van der Waals surface area contributed by atoms with Crippen LogP contribution in [0.15, 0.2) is 78.0 Å². The molecule has 0 unspecified atom stereocenters. The zero-order valence-electron chi connectivity index (χ0n) is 19.9. The monoisotopic (exact) mass is 511 g/mol. The zero-order chi connectivity index (χ0) is 25.5. The van der Waals surface area contributed by atoms with Crippen LogP contribution in [0.3, 0.4) is 0 Å². The van der Waals surface area contributed by atoms with Crippen LogP contribution in [0.5, 0.6) is 5.75 Å². The van der Waals surface area contributed by atoms with Crippen LogP contribution in [0.2, 0.25) is 5.02 Å². The van der Waals surface area contributed by atoms with Crippen molar-refractivity contribution in [1.82, 2.24) is 0 Å². The molecule has 0 radical (unpaired) electrons. The molecular formula is C28H30ClNO6. The predicted octanol–water partition coefficient (Wildman–Crippen LogP) is 4.05. The van der Waals surface area contributed by atoms with E-state index in [2.05, 4.69) is 5.16 Å². The summed E-state index contributed by atoms with van der Waals surface area (Å²) < 4.78 is 11.5. The molecule has 0 aliphatic carbocycles. The van der Waals surface area contributed by atoms with E-state index in [9.17, 15) is 15.3 Å². The van der Waals surface area contributed by atoms with Crippen LogP contribution >= 0.6 is 11.6 Å². The Bertz CT molecular complexity index is 1140. The van der Waals surface area contributed by atoms with E-state index in [0.29, 0.717) is 23.6 Å². The SMILES string of the molecule is CCOc1ccc(Cc2cc([C@@H]3O[C@H](C=NOCc4ccccc4)[C@@H](O)[C@H](O)[C@H]3O)ccc2Cl)cc1. The Morgan fingerprint density at radius 2 is 1.67 bits per heavy atom. The van der Waals surface area contributed by atoms with Crippen LogP contribution < -0.4 is 4.74 Å². The summed E-state index contributed by atoms with van der Waals surface area (Å²) in [5, 5.41) is 36.1. The minimum absolute atomic E-state index is 0.251. The topological polar surface area (TPSA) is 101 Å². The first-order valence-electron chi connectivity index (χ1n) is 11.9. The summed E-state index contributed by atoms with van der Waals surface area (Å²) in [6.07, 6.45) is -4.15. The molecule has 3 N–H and O–H groups in total. The molecule has 5 atom stereocenters. The van der Waals surface area contributed by atoms with Crippen molar-refractivity contribution < 1.29 is 29.6 Å². The molecule has 4 rings (SSSR count). The Labute approximate surface area is 215 Å². The number of halogens is 1. The first-order valence-corrected chi connectivity index (χ1v) is 12.2. The van der Waals surface area contributed by atoms with Crippen molar-refractivity contribution in [1.29, 1.82) is 0 Å². The van der Waals surface area contributed by atoms with Gasteiger partial charge in [-0.05, 0) is 53.8 Å².